The second kappa shape index (κ2) is 9.14. The Bertz CT molecular complexity index is 1080. The summed E-state index contributed by atoms with van der Waals surface area (Å²) < 4.78 is 43.3. The van der Waals surface area contributed by atoms with Gasteiger partial charge < -0.3 is 20.4 Å². The summed E-state index contributed by atoms with van der Waals surface area (Å²) in [5.74, 6) is 5.50. The second-order valence-electron chi connectivity index (χ2n) is 7.92. The molecule has 0 saturated carbocycles. The van der Waals surface area contributed by atoms with Gasteiger partial charge in [-0.3, -0.25) is 4.79 Å². The number of halogens is 3. The van der Waals surface area contributed by atoms with Crippen molar-refractivity contribution in [3.8, 4) is 0 Å². The fraction of sp³-hybridized carbons (Fsp3) is 0.304. The molecule has 0 bridgehead atoms. The molecule has 1 heterocycles. The summed E-state index contributed by atoms with van der Waals surface area (Å²) in [6, 6.07) is 8.83. The van der Waals surface area contributed by atoms with Gasteiger partial charge in [-0.25, -0.2) is 10.6 Å². The highest BCUT2D eigenvalue weighted by Crippen LogP contribution is 2.41. The predicted molar refractivity (Wildman–Crippen MR) is 117 cm³/mol. The minimum Gasteiger partial charge on any atom is -0.465 e. The van der Waals surface area contributed by atoms with E-state index in [-0.39, 0.29) is 17.5 Å². The molecule has 1 unspecified atom stereocenters. The first kappa shape index (κ1) is 24.1. The number of hydrogen-bond donors (Lipinski definition) is 2. The fourth-order valence-corrected chi connectivity index (χ4v) is 3.99. The minimum absolute atomic E-state index is 0.157. The van der Waals surface area contributed by atoms with Crippen molar-refractivity contribution in [3.05, 3.63) is 70.9 Å². The standard InChI is InChI=1S/C23H25F3N4O3/c1-13-11-29(14(2)31)20-9-6-16(22(32)33-3)10-18(20)21(13)30(28)12-19(27)15-4-7-17(8-5-15)23(24,25)26/h4-10,12-13,21H,11,27-28H2,1-3H3/b19-12-/t13-,21?/m1/s1. The average molecular weight is 462 g/mol. The van der Waals surface area contributed by atoms with Crippen molar-refractivity contribution in [2.45, 2.75) is 26.1 Å². The van der Waals surface area contributed by atoms with Gasteiger partial charge >= 0.3 is 12.1 Å². The summed E-state index contributed by atoms with van der Waals surface area (Å²) in [6.07, 6.45) is -3.01. The maximum Gasteiger partial charge on any atom is 0.416 e. The maximum absolute atomic E-state index is 12.8. The lowest BCUT2D eigenvalue weighted by atomic mass is 9.86. The Labute approximate surface area is 189 Å². The van der Waals surface area contributed by atoms with Crippen LogP contribution >= 0.6 is 0 Å². The third-order valence-electron chi connectivity index (χ3n) is 5.60. The van der Waals surface area contributed by atoms with Gasteiger partial charge in [0, 0.05) is 36.8 Å². The van der Waals surface area contributed by atoms with E-state index in [0.717, 1.165) is 12.1 Å². The molecule has 2 atom stereocenters. The van der Waals surface area contributed by atoms with Gasteiger partial charge in [-0.1, -0.05) is 19.1 Å². The molecule has 1 aliphatic heterocycles. The molecular formula is C23H25F3N4O3. The quantitative estimate of drug-likeness (QED) is 0.409. The highest BCUT2D eigenvalue weighted by atomic mass is 19.4. The minimum atomic E-state index is -4.45. The van der Waals surface area contributed by atoms with Crippen LogP contribution in [0.5, 0.6) is 0 Å². The van der Waals surface area contributed by atoms with Gasteiger partial charge in [0.25, 0.3) is 0 Å². The Morgan fingerprint density at radius 1 is 1.15 bits per heavy atom. The number of carbonyl (C=O) groups excluding carboxylic acids is 2. The molecule has 4 N–H and O–H groups in total. The van der Waals surface area contributed by atoms with Crippen LogP contribution in [0.2, 0.25) is 0 Å². The molecule has 1 aliphatic rings. The zero-order chi connectivity index (χ0) is 24.5. The summed E-state index contributed by atoms with van der Waals surface area (Å²) in [5.41, 5.74) is 7.41. The molecule has 176 valence electrons. The van der Waals surface area contributed by atoms with Crippen LogP contribution in [0.1, 0.15) is 46.9 Å². The van der Waals surface area contributed by atoms with E-state index >= 15 is 0 Å². The SMILES string of the molecule is COC(=O)c1ccc2c(c1)C(N(N)/C=C(\N)c1ccc(C(F)(F)F)cc1)[C@H](C)CN2C(C)=O. The summed E-state index contributed by atoms with van der Waals surface area (Å²) in [4.78, 5) is 25.9. The van der Waals surface area contributed by atoms with Crippen molar-refractivity contribution >= 4 is 23.3 Å². The molecule has 7 nitrogen and oxygen atoms in total. The monoisotopic (exact) mass is 462 g/mol. The second-order valence-corrected chi connectivity index (χ2v) is 7.92. The van der Waals surface area contributed by atoms with E-state index in [4.69, 9.17) is 16.3 Å². The summed E-state index contributed by atoms with van der Waals surface area (Å²) in [7, 11) is 1.27. The van der Waals surface area contributed by atoms with Gasteiger partial charge in [-0.15, -0.1) is 0 Å². The van der Waals surface area contributed by atoms with Crippen LogP contribution in [-0.2, 0) is 15.7 Å². The Hall–Kier alpha value is -3.53. The van der Waals surface area contributed by atoms with Crippen LogP contribution < -0.4 is 16.5 Å². The molecule has 3 rings (SSSR count). The molecule has 0 saturated heterocycles. The number of benzene rings is 2. The predicted octanol–water partition coefficient (Wildman–Crippen LogP) is 3.67. The molecule has 2 aromatic rings. The molecule has 1 amide bonds. The van der Waals surface area contributed by atoms with Gasteiger partial charge in [0.15, 0.2) is 0 Å². The van der Waals surface area contributed by atoms with Crippen molar-refractivity contribution in [2.75, 3.05) is 18.6 Å². The van der Waals surface area contributed by atoms with Crippen molar-refractivity contribution in [1.82, 2.24) is 5.01 Å². The number of alkyl halides is 3. The Kier molecular flexibility index (Phi) is 6.68. The summed E-state index contributed by atoms with van der Waals surface area (Å²) >= 11 is 0. The van der Waals surface area contributed by atoms with Crippen LogP contribution in [0.25, 0.3) is 5.70 Å². The first-order valence-corrected chi connectivity index (χ1v) is 10.1. The number of nitrogens with two attached hydrogens (primary N) is 2. The molecule has 0 aliphatic carbocycles. The van der Waals surface area contributed by atoms with E-state index in [0.29, 0.717) is 28.9 Å². The third-order valence-corrected chi connectivity index (χ3v) is 5.60. The number of esters is 1. The van der Waals surface area contributed by atoms with Crippen molar-refractivity contribution in [2.24, 2.45) is 17.5 Å². The summed E-state index contributed by atoms with van der Waals surface area (Å²) in [6.45, 7) is 3.73. The molecular weight excluding hydrogens is 437 g/mol. The summed E-state index contributed by atoms with van der Waals surface area (Å²) in [5, 5.41) is 1.36. The topological polar surface area (TPSA) is 102 Å². The van der Waals surface area contributed by atoms with E-state index in [2.05, 4.69) is 0 Å². The molecule has 2 aromatic carbocycles. The zero-order valence-corrected chi connectivity index (χ0v) is 18.4. The largest absolute Gasteiger partial charge is 0.465 e. The molecule has 0 spiro atoms. The molecule has 0 aromatic heterocycles. The first-order valence-electron chi connectivity index (χ1n) is 10.1. The number of methoxy groups -OCH3 is 1. The van der Waals surface area contributed by atoms with Crippen LogP contribution in [0, 0.1) is 5.92 Å². The number of ether oxygens (including phenoxy) is 1. The van der Waals surface area contributed by atoms with Crippen LogP contribution in [-0.4, -0.2) is 30.5 Å². The van der Waals surface area contributed by atoms with Crippen LogP contribution in [0.15, 0.2) is 48.7 Å². The third kappa shape index (κ3) is 4.95. The van der Waals surface area contributed by atoms with Gasteiger partial charge in [0.05, 0.1) is 30.0 Å². The number of amides is 1. The molecule has 0 fully saturated rings. The number of carbonyl (C=O) groups is 2. The lowest BCUT2D eigenvalue weighted by Crippen LogP contribution is -2.46. The van der Waals surface area contributed by atoms with Gasteiger partial charge in [0.1, 0.15) is 0 Å². The van der Waals surface area contributed by atoms with Gasteiger partial charge in [-0.05, 0) is 35.9 Å². The number of hydrogen-bond acceptors (Lipinski definition) is 6. The Balaban J connectivity index is 1.99. The van der Waals surface area contributed by atoms with E-state index < -0.39 is 23.8 Å². The number of nitrogens with zero attached hydrogens (tertiary/aromatic N) is 2. The molecule has 33 heavy (non-hydrogen) atoms. The highest BCUT2D eigenvalue weighted by molar-refractivity contribution is 5.95. The lowest BCUT2D eigenvalue weighted by Gasteiger charge is -2.42. The van der Waals surface area contributed by atoms with E-state index in [9.17, 15) is 22.8 Å². The maximum atomic E-state index is 12.8. The van der Waals surface area contributed by atoms with E-state index in [1.807, 2.05) is 6.92 Å². The Morgan fingerprint density at radius 3 is 2.30 bits per heavy atom. The highest BCUT2D eigenvalue weighted by Gasteiger charge is 2.35. The molecule has 10 heteroatoms. The van der Waals surface area contributed by atoms with E-state index in [1.165, 1.54) is 37.4 Å². The lowest BCUT2D eigenvalue weighted by molar-refractivity contribution is -0.137. The number of anilines is 1. The molecule has 0 radical (unpaired) electrons. The van der Waals surface area contributed by atoms with Crippen molar-refractivity contribution in [1.29, 1.82) is 0 Å². The Morgan fingerprint density at radius 2 is 1.76 bits per heavy atom. The van der Waals surface area contributed by atoms with Crippen molar-refractivity contribution in [3.63, 3.8) is 0 Å². The normalized spacial score (nSPS) is 18.5. The fourth-order valence-electron chi connectivity index (χ4n) is 3.99. The number of hydrazine groups is 1. The number of rotatable bonds is 4. The van der Waals surface area contributed by atoms with Gasteiger partial charge in [-0.2, -0.15) is 13.2 Å². The van der Waals surface area contributed by atoms with Gasteiger partial charge in [0.2, 0.25) is 5.91 Å². The van der Waals surface area contributed by atoms with Crippen molar-refractivity contribution < 1.29 is 27.5 Å². The zero-order valence-electron chi connectivity index (χ0n) is 18.4. The number of fused-ring (bicyclic) bond motifs is 1. The first-order chi connectivity index (χ1) is 15.4. The average Bonchev–Trinajstić information content (AvgIpc) is 2.76. The van der Waals surface area contributed by atoms with Crippen LogP contribution in [0.3, 0.4) is 0 Å². The van der Waals surface area contributed by atoms with Crippen LogP contribution in [0.4, 0.5) is 18.9 Å². The smallest absolute Gasteiger partial charge is 0.416 e. The van der Waals surface area contributed by atoms with E-state index in [1.54, 1.807) is 23.1 Å².